The molecule has 2 aromatic rings. The van der Waals surface area contributed by atoms with Crippen LogP contribution in [0, 0.1) is 29.9 Å². The molecule has 0 saturated carbocycles. The molecule has 0 fully saturated rings. The SMILES string of the molecule is C.Cc1ccc(C(F)(F)Oc2cc(F)c(C#N)c(F)c2)cc1. The summed E-state index contributed by atoms with van der Waals surface area (Å²) in [6, 6.07) is 7.64. The Bertz CT molecular complexity index is 682. The number of benzene rings is 2. The van der Waals surface area contributed by atoms with Crippen LogP contribution in [-0.4, -0.2) is 0 Å². The summed E-state index contributed by atoms with van der Waals surface area (Å²) >= 11 is 0. The second kappa shape index (κ2) is 6.48. The number of hydrogen-bond donors (Lipinski definition) is 0. The third-order valence-electron chi connectivity index (χ3n) is 2.76. The number of nitrogens with zero attached hydrogens (tertiary/aromatic N) is 1. The first kappa shape index (κ1) is 17.5. The van der Waals surface area contributed by atoms with E-state index in [-0.39, 0.29) is 7.43 Å². The highest BCUT2D eigenvalue weighted by atomic mass is 19.3. The molecule has 0 amide bonds. The van der Waals surface area contributed by atoms with E-state index in [1.165, 1.54) is 18.2 Å². The van der Waals surface area contributed by atoms with Crippen molar-refractivity contribution in [1.82, 2.24) is 0 Å². The average Bonchev–Trinajstić information content (AvgIpc) is 2.38. The molecule has 0 atom stereocenters. The quantitative estimate of drug-likeness (QED) is 0.755. The van der Waals surface area contributed by atoms with Gasteiger partial charge in [0.25, 0.3) is 0 Å². The fraction of sp³-hybridized carbons (Fsp3) is 0.188. The van der Waals surface area contributed by atoms with Crippen LogP contribution >= 0.6 is 0 Å². The molecule has 0 aliphatic heterocycles. The predicted octanol–water partition coefficient (Wildman–Crippen LogP) is 4.91. The Morgan fingerprint density at radius 1 is 1.05 bits per heavy atom. The Morgan fingerprint density at radius 3 is 2.00 bits per heavy atom. The molecule has 0 heterocycles. The number of hydrogen-bond acceptors (Lipinski definition) is 2. The summed E-state index contributed by atoms with van der Waals surface area (Å²) in [7, 11) is 0. The standard InChI is InChI=1S/C15H9F4NO.CH4/c1-9-2-4-10(5-3-9)15(18,19)21-11-6-13(16)12(8-20)14(17)7-11;/h2-7H,1H3;1H4. The molecule has 0 N–H and O–H groups in total. The third-order valence-corrected chi connectivity index (χ3v) is 2.76. The van der Waals surface area contributed by atoms with Gasteiger partial charge in [0.2, 0.25) is 0 Å². The van der Waals surface area contributed by atoms with Crippen LogP contribution in [0.15, 0.2) is 36.4 Å². The number of aryl methyl sites for hydroxylation is 1. The summed E-state index contributed by atoms with van der Waals surface area (Å²) in [5.74, 6) is -3.21. The largest absolute Gasteiger partial charge is 0.429 e. The smallest absolute Gasteiger partial charge is 0.426 e. The minimum absolute atomic E-state index is 0. The van der Waals surface area contributed by atoms with Gasteiger partial charge in [0.05, 0.1) is 5.56 Å². The summed E-state index contributed by atoms with van der Waals surface area (Å²) < 4.78 is 58.8. The fourth-order valence-corrected chi connectivity index (χ4v) is 1.67. The minimum atomic E-state index is -3.75. The van der Waals surface area contributed by atoms with Gasteiger partial charge < -0.3 is 4.74 Å². The van der Waals surface area contributed by atoms with Crippen LogP contribution in [0.2, 0.25) is 0 Å². The maximum atomic E-state index is 13.9. The van der Waals surface area contributed by atoms with Crippen molar-refractivity contribution < 1.29 is 22.3 Å². The van der Waals surface area contributed by atoms with Crippen molar-refractivity contribution >= 4 is 0 Å². The fourth-order valence-electron chi connectivity index (χ4n) is 1.67. The van der Waals surface area contributed by atoms with Crippen molar-refractivity contribution in [2.24, 2.45) is 0 Å². The first-order chi connectivity index (χ1) is 9.83. The first-order valence-electron chi connectivity index (χ1n) is 5.86. The maximum Gasteiger partial charge on any atom is 0.426 e. The van der Waals surface area contributed by atoms with Crippen LogP contribution in [0.4, 0.5) is 17.6 Å². The van der Waals surface area contributed by atoms with Crippen molar-refractivity contribution in [3.8, 4) is 11.8 Å². The van der Waals surface area contributed by atoms with E-state index in [1.807, 2.05) is 0 Å². The lowest BCUT2D eigenvalue weighted by Crippen LogP contribution is -2.22. The molecule has 116 valence electrons. The van der Waals surface area contributed by atoms with Gasteiger partial charge >= 0.3 is 6.11 Å². The van der Waals surface area contributed by atoms with Crippen LogP contribution in [0.5, 0.6) is 5.75 Å². The van der Waals surface area contributed by atoms with Crippen LogP contribution in [0.3, 0.4) is 0 Å². The van der Waals surface area contributed by atoms with E-state index in [1.54, 1.807) is 6.92 Å². The van der Waals surface area contributed by atoms with Crippen LogP contribution < -0.4 is 4.74 Å². The molecular weight excluding hydrogens is 298 g/mol. The Labute approximate surface area is 125 Å². The van der Waals surface area contributed by atoms with Crippen LogP contribution in [0.25, 0.3) is 0 Å². The summed E-state index contributed by atoms with van der Waals surface area (Å²) in [4.78, 5) is 0. The van der Waals surface area contributed by atoms with Crippen molar-refractivity contribution in [3.05, 3.63) is 64.7 Å². The molecule has 0 saturated heterocycles. The minimum Gasteiger partial charge on any atom is -0.429 e. The lowest BCUT2D eigenvalue weighted by atomic mass is 10.1. The highest BCUT2D eigenvalue weighted by Gasteiger charge is 2.34. The topological polar surface area (TPSA) is 33.0 Å². The van der Waals surface area contributed by atoms with Gasteiger partial charge in [-0.15, -0.1) is 0 Å². The van der Waals surface area contributed by atoms with E-state index >= 15 is 0 Å². The molecule has 0 unspecified atom stereocenters. The van der Waals surface area contributed by atoms with Gasteiger partial charge in [0.1, 0.15) is 29.0 Å². The van der Waals surface area contributed by atoms with Crippen LogP contribution in [-0.2, 0) is 6.11 Å². The summed E-state index contributed by atoms with van der Waals surface area (Å²) in [6.07, 6.45) is -3.75. The highest BCUT2D eigenvalue weighted by Crippen LogP contribution is 2.32. The monoisotopic (exact) mass is 311 g/mol. The molecule has 6 heteroatoms. The average molecular weight is 311 g/mol. The van der Waals surface area contributed by atoms with Crippen molar-refractivity contribution in [2.45, 2.75) is 20.5 Å². The van der Waals surface area contributed by atoms with Gasteiger partial charge in [-0.2, -0.15) is 14.0 Å². The van der Waals surface area contributed by atoms with Gasteiger partial charge in [0.15, 0.2) is 0 Å². The number of ether oxygens (including phenoxy) is 1. The zero-order valence-corrected chi connectivity index (χ0v) is 10.8. The molecular formula is C16H13F4NO. The first-order valence-corrected chi connectivity index (χ1v) is 5.86. The Morgan fingerprint density at radius 2 is 1.55 bits per heavy atom. The molecule has 0 spiro atoms. The summed E-state index contributed by atoms with van der Waals surface area (Å²) in [6.45, 7) is 1.73. The van der Waals surface area contributed by atoms with Crippen LogP contribution in [0.1, 0.15) is 24.1 Å². The van der Waals surface area contributed by atoms with Gasteiger partial charge in [0, 0.05) is 12.1 Å². The Kier molecular flexibility index (Phi) is 5.15. The summed E-state index contributed by atoms with van der Waals surface area (Å²) in [5, 5.41) is 8.51. The molecule has 2 nitrogen and oxygen atoms in total. The van der Waals surface area contributed by atoms with Gasteiger partial charge in [-0.1, -0.05) is 25.1 Å². The normalized spacial score (nSPS) is 10.5. The van der Waals surface area contributed by atoms with E-state index in [0.29, 0.717) is 12.1 Å². The van der Waals surface area contributed by atoms with Gasteiger partial charge in [-0.05, 0) is 19.1 Å². The number of nitriles is 1. The zero-order valence-electron chi connectivity index (χ0n) is 10.8. The van der Waals surface area contributed by atoms with Gasteiger partial charge in [-0.25, -0.2) is 8.78 Å². The second-order valence-corrected chi connectivity index (χ2v) is 4.36. The summed E-state index contributed by atoms with van der Waals surface area (Å²) in [5.41, 5.74) is -0.510. The molecule has 22 heavy (non-hydrogen) atoms. The van der Waals surface area contributed by atoms with E-state index in [4.69, 9.17) is 5.26 Å². The third kappa shape index (κ3) is 3.55. The molecule has 0 radical (unpaired) electrons. The maximum absolute atomic E-state index is 13.9. The predicted molar refractivity (Wildman–Crippen MR) is 73.5 cm³/mol. The molecule has 0 aromatic heterocycles. The second-order valence-electron chi connectivity index (χ2n) is 4.36. The van der Waals surface area contributed by atoms with Crippen molar-refractivity contribution in [3.63, 3.8) is 0 Å². The van der Waals surface area contributed by atoms with E-state index < -0.39 is 34.6 Å². The van der Waals surface area contributed by atoms with E-state index in [9.17, 15) is 17.6 Å². The Balaban J connectivity index is 0.00000242. The number of halogens is 4. The van der Waals surface area contributed by atoms with E-state index in [0.717, 1.165) is 17.7 Å². The van der Waals surface area contributed by atoms with Crippen molar-refractivity contribution in [2.75, 3.05) is 0 Å². The molecule has 2 rings (SSSR count). The highest BCUT2D eigenvalue weighted by molar-refractivity contribution is 5.38. The molecule has 2 aromatic carbocycles. The van der Waals surface area contributed by atoms with Crippen molar-refractivity contribution in [1.29, 1.82) is 5.26 Å². The molecule has 0 aliphatic rings. The number of rotatable bonds is 3. The van der Waals surface area contributed by atoms with E-state index in [2.05, 4.69) is 4.74 Å². The lowest BCUT2D eigenvalue weighted by molar-refractivity contribution is -0.185. The zero-order chi connectivity index (χ0) is 15.6. The van der Waals surface area contributed by atoms with Gasteiger partial charge in [-0.3, -0.25) is 0 Å². The Hall–Kier alpha value is -2.55. The molecule has 0 bridgehead atoms. The number of alkyl halides is 2. The molecule has 0 aliphatic carbocycles. The lowest BCUT2D eigenvalue weighted by Gasteiger charge is -2.18.